The SMILES string of the molecule is C/C(=C/CO)C(C)(C)C. The van der Waals surface area contributed by atoms with Gasteiger partial charge in [-0.15, -0.1) is 0 Å². The van der Waals surface area contributed by atoms with E-state index in [-0.39, 0.29) is 12.0 Å². The highest BCUT2D eigenvalue weighted by Crippen LogP contribution is 2.23. The molecule has 0 saturated heterocycles. The summed E-state index contributed by atoms with van der Waals surface area (Å²) in [5.41, 5.74) is 1.45. The average Bonchev–Trinajstić information content (AvgIpc) is 1.64. The number of hydrogen-bond donors (Lipinski definition) is 1. The van der Waals surface area contributed by atoms with E-state index in [4.69, 9.17) is 5.11 Å². The molecule has 0 atom stereocenters. The van der Waals surface area contributed by atoms with Crippen molar-refractivity contribution in [1.29, 1.82) is 0 Å². The van der Waals surface area contributed by atoms with Crippen LogP contribution < -0.4 is 0 Å². The Kier molecular flexibility index (Phi) is 2.92. The molecule has 0 aromatic rings. The monoisotopic (exact) mass is 128 g/mol. The second kappa shape index (κ2) is 3.02. The highest BCUT2D eigenvalue weighted by Gasteiger charge is 2.10. The minimum atomic E-state index is 0.156. The molecule has 1 N–H and O–H groups in total. The van der Waals surface area contributed by atoms with Crippen LogP contribution >= 0.6 is 0 Å². The van der Waals surface area contributed by atoms with Crippen LogP contribution in [0.4, 0.5) is 0 Å². The van der Waals surface area contributed by atoms with Gasteiger partial charge in [0.05, 0.1) is 6.61 Å². The molecule has 0 aliphatic carbocycles. The van der Waals surface area contributed by atoms with Crippen molar-refractivity contribution in [3.05, 3.63) is 11.6 Å². The molecular weight excluding hydrogens is 112 g/mol. The Bertz CT molecular complexity index is 106. The minimum absolute atomic E-state index is 0.156. The van der Waals surface area contributed by atoms with Crippen LogP contribution in [-0.2, 0) is 0 Å². The van der Waals surface area contributed by atoms with Crippen LogP contribution in [-0.4, -0.2) is 11.7 Å². The van der Waals surface area contributed by atoms with E-state index in [1.165, 1.54) is 5.57 Å². The van der Waals surface area contributed by atoms with E-state index in [0.717, 1.165) is 0 Å². The molecule has 1 heteroatoms. The topological polar surface area (TPSA) is 20.2 Å². The maximum atomic E-state index is 8.52. The first-order chi connectivity index (χ1) is 3.98. The smallest absolute Gasteiger partial charge is 0.0615 e. The zero-order chi connectivity index (χ0) is 7.49. The molecule has 0 amide bonds. The Balaban J connectivity index is 4.03. The molecule has 0 unspecified atom stereocenters. The number of rotatable bonds is 1. The summed E-state index contributed by atoms with van der Waals surface area (Å²) in [6.45, 7) is 8.59. The van der Waals surface area contributed by atoms with E-state index in [0.29, 0.717) is 0 Å². The van der Waals surface area contributed by atoms with Gasteiger partial charge in [0.15, 0.2) is 0 Å². The van der Waals surface area contributed by atoms with Crippen molar-refractivity contribution < 1.29 is 5.11 Å². The lowest BCUT2D eigenvalue weighted by Gasteiger charge is -2.18. The van der Waals surface area contributed by atoms with Gasteiger partial charge in [0.25, 0.3) is 0 Å². The number of aliphatic hydroxyl groups excluding tert-OH is 1. The van der Waals surface area contributed by atoms with Crippen LogP contribution in [0.1, 0.15) is 27.7 Å². The summed E-state index contributed by atoms with van der Waals surface area (Å²) in [4.78, 5) is 0. The fraction of sp³-hybridized carbons (Fsp3) is 0.750. The first-order valence-electron chi connectivity index (χ1n) is 3.26. The van der Waals surface area contributed by atoms with E-state index in [1.54, 1.807) is 0 Å². The summed E-state index contributed by atoms with van der Waals surface area (Å²) in [6.07, 6.45) is 1.85. The number of allylic oxidation sites excluding steroid dienone is 1. The quantitative estimate of drug-likeness (QED) is 0.535. The fourth-order valence-corrected chi connectivity index (χ4v) is 0.443. The van der Waals surface area contributed by atoms with Crippen molar-refractivity contribution in [1.82, 2.24) is 0 Å². The molecule has 0 heterocycles. The summed E-state index contributed by atoms with van der Waals surface area (Å²) in [6, 6.07) is 0. The minimum Gasteiger partial charge on any atom is -0.392 e. The molecule has 0 aliphatic heterocycles. The number of aliphatic hydroxyl groups is 1. The van der Waals surface area contributed by atoms with Crippen LogP contribution in [0.25, 0.3) is 0 Å². The summed E-state index contributed by atoms with van der Waals surface area (Å²) in [5.74, 6) is 0. The van der Waals surface area contributed by atoms with Crippen molar-refractivity contribution in [2.24, 2.45) is 5.41 Å². The molecule has 0 fully saturated rings. The molecule has 0 aromatic heterocycles. The largest absolute Gasteiger partial charge is 0.392 e. The van der Waals surface area contributed by atoms with Gasteiger partial charge >= 0.3 is 0 Å². The first-order valence-corrected chi connectivity index (χ1v) is 3.26. The molecule has 0 spiro atoms. The van der Waals surface area contributed by atoms with Gasteiger partial charge in [-0.1, -0.05) is 32.4 Å². The molecule has 0 aliphatic rings. The normalized spacial score (nSPS) is 14.1. The first kappa shape index (κ1) is 8.70. The zero-order valence-electron chi connectivity index (χ0n) is 6.73. The highest BCUT2D eigenvalue weighted by molar-refractivity contribution is 5.06. The molecule has 9 heavy (non-hydrogen) atoms. The standard InChI is InChI=1S/C8H16O/c1-7(5-6-9)8(2,3)4/h5,9H,6H2,1-4H3/b7-5-. The van der Waals surface area contributed by atoms with Crippen LogP contribution in [0.15, 0.2) is 11.6 Å². The van der Waals surface area contributed by atoms with Crippen molar-refractivity contribution in [3.63, 3.8) is 0 Å². The number of hydrogen-bond acceptors (Lipinski definition) is 1. The Morgan fingerprint density at radius 2 is 1.89 bits per heavy atom. The van der Waals surface area contributed by atoms with Crippen molar-refractivity contribution >= 4 is 0 Å². The van der Waals surface area contributed by atoms with Gasteiger partial charge < -0.3 is 5.11 Å². The second-order valence-electron chi connectivity index (χ2n) is 3.32. The molecular formula is C8H16O. The lowest BCUT2D eigenvalue weighted by Crippen LogP contribution is -2.06. The third-order valence-corrected chi connectivity index (χ3v) is 1.58. The van der Waals surface area contributed by atoms with Gasteiger partial charge in [0, 0.05) is 0 Å². The Labute approximate surface area is 57.4 Å². The Morgan fingerprint density at radius 3 is 2.00 bits per heavy atom. The van der Waals surface area contributed by atoms with Crippen molar-refractivity contribution in [2.45, 2.75) is 27.7 Å². The second-order valence-corrected chi connectivity index (χ2v) is 3.32. The third kappa shape index (κ3) is 3.31. The molecule has 0 aromatic carbocycles. The third-order valence-electron chi connectivity index (χ3n) is 1.58. The zero-order valence-corrected chi connectivity index (χ0v) is 6.73. The summed E-state index contributed by atoms with van der Waals surface area (Å²) in [7, 11) is 0. The van der Waals surface area contributed by atoms with Gasteiger partial charge in [0.1, 0.15) is 0 Å². The fourth-order valence-electron chi connectivity index (χ4n) is 0.443. The molecule has 0 rings (SSSR count). The van der Waals surface area contributed by atoms with E-state index in [9.17, 15) is 0 Å². The van der Waals surface area contributed by atoms with Crippen LogP contribution in [0.3, 0.4) is 0 Å². The van der Waals surface area contributed by atoms with Crippen LogP contribution in [0.5, 0.6) is 0 Å². The van der Waals surface area contributed by atoms with E-state index >= 15 is 0 Å². The van der Waals surface area contributed by atoms with Gasteiger partial charge in [0.2, 0.25) is 0 Å². The average molecular weight is 128 g/mol. The lowest BCUT2D eigenvalue weighted by atomic mass is 9.87. The summed E-state index contributed by atoms with van der Waals surface area (Å²) < 4.78 is 0. The predicted octanol–water partition coefficient (Wildman–Crippen LogP) is 1.97. The van der Waals surface area contributed by atoms with E-state index in [2.05, 4.69) is 20.8 Å². The molecule has 0 bridgehead atoms. The van der Waals surface area contributed by atoms with Gasteiger partial charge in [-0.05, 0) is 12.3 Å². The molecule has 0 saturated carbocycles. The van der Waals surface area contributed by atoms with Gasteiger partial charge in [-0.2, -0.15) is 0 Å². The molecule has 0 radical (unpaired) electrons. The van der Waals surface area contributed by atoms with E-state index in [1.807, 2.05) is 13.0 Å². The van der Waals surface area contributed by atoms with Crippen molar-refractivity contribution in [3.8, 4) is 0 Å². The van der Waals surface area contributed by atoms with Gasteiger partial charge in [-0.3, -0.25) is 0 Å². The van der Waals surface area contributed by atoms with Gasteiger partial charge in [-0.25, -0.2) is 0 Å². The Morgan fingerprint density at radius 1 is 1.44 bits per heavy atom. The predicted molar refractivity (Wildman–Crippen MR) is 40.3 cm³/mol. The Hall–Kier alpha value is -0.300. The van der Waals surface area contributed by atoms with Crippen LogP contribution in [0, 0.1) is 5.41 Å². The molecule has 1 nitrogen and oxygen atoms in total. The van der Waals surface area contributed by atoms with E-state index < -0.39 is 0 Å². The molecule has 54 valence electrons. The summed E-state index contributed by atoms with van der Waals surface area (Å²) in [5, 5.41) is 8.52. The van der Waals surface area contributed by atoms with Crippen LogP contribution in [0.2, 0.25) is 0 Å². The highest BCUT2D eigenvalue weighted by atomic mass is 16.2. The van der Waals surface area contributed by atoms with Crippen molar-refractivity contribution in [2.75, 3.05) is 6.61 Å². The maximum absolute atomic E-state index is 8.52. The summed E-state index contributed by atoms with van der Waals surface area (Å²) >= 11 is 0. The lowest BCUT2D eigenvalue weighted by molar-refractivity contribution is 0.338. The maximum Gasteiger partial charge on any atom is 0.0615 e.